The summed E-state index contributed by atoms with van der Waals surface area (Å²) in [4.78, 5) is 11.1. The highest BCUT2D eigenvalue weighted by Crippen LogP contribution is 2.30. The van der Waals surface area contributed by atoms with E-state index in [1.165, 1.54) is 0 Å². The molecule has 1 unspecified atom stereocenters. The van der Waals surface area contributed by atoms with Gasteiger partial charge in [0, 0.05) is 12.3 Å². The molecule has 0 aromatic carbocycles. The quantitative estimate of drug-likeness (QED) is 0.569. The fraction of sp³-hybridized carbons (Fsp3) is 0.625. The zero-order valence-electron chi connectivity index (χ0n) is 5.84. The smallest absolute Gasteiger partial charge is 0.153 e. The molecule has 0 amide bonds. The molecule has 1 aliphatic rings. The minimum Gasteiger partial charge on any atom is -0.321 e. The number of nitrogens with two attached hydrogens (primary N) is 1. The van der Waals surface area contributed by atoms with Crippen molar-refractivity contribution in [1.82, 2.24) is 0 Å². The van der Waals surface area contributed by atoms with Crippen LogP contribution in [0.1, 0.15) is 19.3 Å². The molecule has 1 fully saturated rings. The monoisotopic (exact) mass is 137 g/mol. The van der Waals surface area contributed by atoms with Crippen LogP contribution in [-0.4, -0.2) is 11.8 Å². The number of hydrogen-bond donors (Lipinski definition) is 1. The SMILES string of the molecule is C#CCC(N)C(=O)C1CC1. The van der Waals surface area contributed by atoms with E-state index in [-0.39, 0.29) is 11.7 Å². The number of Topliss-reactive ketones (excluding diaryl/α,β-unsaturated/α-hetero) is 1. The molecule has 1 atom stereocenters. The van der Waals surface area contributed by atoms with Crippen LogP contribution in [-0.2, 0) is 4.79 Å². The van der Waals surface area contributed by atoms with Gasteiger partial charge in [-0.2, -0.15) is 0 Å². The largest absolute Gasteiger partial charge is 0.321 e. The number of terminal acetylenes is 1. The molecule has 0 aromatic rings. The van der Waals surface area contributed by atoms with E-state index in [4.69, 9.17) is 12.2 Å². The maximum atomic E-state index is 11.1. The van der Waals surface area contributed by atoms with E-state index in [0.29, 0.717) is 6.42 Å². The summed E-state index contributed by atoms with van der Waals surface area (Å²) in [5.41, 5.74) is 5.48. The molecule has 0 radical (unpaired) electrons. The van der Waals surface area contributed by atoms with Gasteiger partial charge in [0.1, 0.15) is 0 Å². The number of carbonyl (C=O) groups is 1. The second-order valence-electron chi connectivity index (χ2n) is 2.69. The third kappa shape index (κ3) is 1.58. The van der Waals surface area contributed by atoms with Gasteiger partial charge in [0.15, 0.2) is 5.78 Å². The zero-order chi connectivity index (χ0) is 7.56. The molecule has 2 N–H and O–H groups in total. The molecule has 1 aliphatic carbocycles. The van der Waals surface area contributed by atoms with Crippen LogP contribution in [0, 0.1) is 18.3 Å². The molecular weight excluding hydrogens is 126 g/mol. The Kier molecular flexibility index (Phi) is 2.08. The fourth-order valence-corrected chi connectivity index (χ4v) is 0.898. The summed E-state index contributed by atoms with van der Waals surface area (Å²) < 4.78 is 0. The maximum Gasteiger partial charge on any atom is 0.153 e. The van der Waals surface area contributed by atoms with E-state index in [9.17, 15) is 4.79 Å². The summed E-state index contributed by atoms with van der Waals surface area (Å²) in [7, 11) is 0. The minimum atomic E-state index is -0.405. The van der Waals surface area contributed by atoms with Crippen LogP contribution in [0.4, 0.5) is 0 Å². The van der Waals surface area contributed by atoms with Crippen LogP contribution in [0.2, 0.25) is 0 Å². The molecule has 0 aromatic heterocycles. The van der Waals surface area contributed by atoms with Crippen LogP contribution < -0.4 is 5.73 Å². The number of hydrogen-bond acceptors (Lipinski definition) is 2. The summed E-state index contributed by atoms with van der Waals surface area (Å²) >= 11 is 0. The second kappa shape index (κ2) is 2.85. The van der Waals surface area contributed by atoms with Crippen molar-refractivity contribution in [2.24, 2.45) is 11.7 Å². The lowest BCUT2D eigenvalue weighted by Gasteiger charge is -2.03. The van der Waals surface area contributed by atoms with Gasteiger partial charge < -0.3 is 5.73 Å². The van der Waals surface area contributed by atoms with Gasteiger partial charge in [-0.1, -0.05) is 0 Å². The lowest BCUT2D eigenvalue weighted by atomic mass is 10.1. The minimum absolute atomic E-state index is 0.151. The van der Waals surface area contributed by atoms with Crippen LogP contribution in [0.15, 0.2) is 0 Å². The Morgan fingerprint density at radius 3 is 2.80 bits per heavy atom. The van der Waals surface area contributed by atoms with Crippen LogP contribution in [0.25, 0.3) is 0 Å². The van der Waals surface area contributed by atoms with Crippen molar-refractivity contribution in [3.05, 3.63) is 0 Å². The third-order valence-electron chi connectivity index (χ3n) is 1.68. The first kappa shape index (κ1) is 7.30. The molecule has 2 heteroatoms. The average molecular weight is 137 g/mol. The Morgan fingerprint density at radius 1 is 1.80 bits per heavy atom. The summed E-state index contributed by atoms with van der Waals surface area (Å²) in [6, 6.07) is -0.405. The van der Waals surface area contributed by atoms with Crippen LogP contribution in [0.3, 0.4) is 0 Å². The summed E-state index contributed by atoms with van der Waals surface area (Å²) in [6.45, 7) is 0. The molecule has 2 nitrogen and oxygen atoms in total. The van der Waals surface area contributed by atoms with E-state index in [0.717, 1.165) is 12.8 Å². The normalized spacial score (nSPS) is 19.6. The maximum absolute atomic E-state index is 11.1. The zero-order valence-corrected chi connectivity index (χ0v) is 5.84. The highest BCUT2D eigenvalue weighted by molar-refractivity contribution is 5.88. The van der Waals surface area contributed by atoms with Gasteiger partial charge in [0.2, 0.25) is 0 Å². The van der Waals surface area contributed by atoms with E-state index in [2.05, 4.69) is 5.92 Å². The third-order valence-corrected chi connectivity index (χ3v) is 1.68. The highest BCUT2D eigenvalue weighted by atomic mass is 16.1. The molecule has 0 heterocycles. The number of ketones is 1. The van der Waals surface area contributed by atoms with E-state index in [1.807, 2.05) is 0 Å². The molecular formula is C8H11NO. The first-order valence-electron chi connectivity index (χ1n) is 3.48. The Hall–Kier alpha value is -0.810. The first-order valence-corrected chi connectivity index (χ1v) is 3.48. The van der Waals surface area contributed by atoms with Gasteiger partial charge in [0.25, 0.3) is 0 Å². The second-order valence-corrected chi connectivity index (χ2v) is 2.69. The van der Waals surface area contributed by atoms with E-state index in [1.54, 1.807) is 0 Å². The molecule has 1 rings (SSSR count). The van der Waals surface area contributed by atoms with Crippen molar-refractivity contribution < 1.29 is 4.79 Å². The predicted octanol–water partition coefficient (Wildman–Crippen LogP) is 0.316. The highest BCUT2D eigenvalue weighted by Gasteiger charge is 2.32. The Morgan fingerprint density at radius 2 is 2.40 bits per heavy atom. The summed E-state index contributed by atoms with van der Waals surface area (Å²) in [5.74, 6) is 2.78. The van der Waals surface area contributed by atoms with Crippen LogP contribution >= 0.6 is 0 Å². The van der Waals surface area contributed by atoms with Gasteiger partial charge in [-0.3, -0.25) is 4.79 Å². The molecule has 0 saturated heterocycles. The summed E-state index contributed by atoms with van der Waals surface area (Å²) in [5, 5.41) is 0. The van der Waals surface area contributed by atoms with Crippen molar-refractivity contribution in [2.45, 2.75) is 25.3 Å². The van der Waals surface area contributed by atoms with Crippen molar-refractivity contribution in [3.8, 4) is 12.3 Å². The number of carbonyl (C=O) groups excluding carboxylic acids is 1. The fourth-order valence-electron chi connectivity index (χ4n) is 0.898. The molecule has 54 valence electrons. The van der Waals surface area contributed by atoms with Gasteiger partial charge >= 0.3 is 0 Å². The van der Waals surface area contributed by atoms with Crippen molar-refractivity contribution in [2.75, 3.05) is 0 Å². The molecule has 0 spiro atoms. The first-order chi connectivity index (χ1) is 4.75. The molecule has 0 bridgehead atoms. The standard InChI is InChI=1S/C8H11NO/c1-2-3-7(9)8(10)6-4-5-6/h1,6-7H,3-5,9H2. The van der Waals surface area contributed by atoms with Crippen molar-refractivity contribution >= 4 is 5.78 Å². The van der Waals surface area contributed by atoms with E-state index >= 15 is 0 Å². The lowest BCUT2D eigenvalue weighted by molar-refractivity contribution is -0.121. The topological polar surface area (TPSA) is 43.1 Å². The lowest BCUT2D eigenvalue weighted by Crippen LogP contribution is -2.31. The van der Waals surface area contributed by atoms with Crippen molar-refractivity contribution in [3.63, 3.8) is 0 Å². The van der Waals surface area contributed by atoms with Gasteiger partial charge in [-0.25, -0.2) is 0 Å². The van der Waals surface area contributed by atoms with Crippen LogP contribution in [0.5, 0.6) is 0 Å². The molecule has 10 heavy (non-hydrogen) atoms. The number of rotatable bonds is 3. The van der Waals surface area contributed by atoms with Gasteiger partial charge in [-0.15, -0.1) is 12.3 Å². The van der Waals surface area contributed by atoms with Gasteiger partial charge in [-0.05, 0) is 12.8 Å². The predicted molar refractivity (Wildman–Crippen MR) is 39.2 cm³/mol. The van der Waals surface area contributed by atoms with E-state index < -0.39 is 6.04 Å². The molecule has 1 saturated carbocycles. The summed E-state index contributed by atoms with van der Waals surface area (Å²) in [6.07, 6.45) is 7.41. The molecule has 0 aliphatic heterocycles. The average Bonchev–Trinajstić information content (AvgIpc) is 2.68. The Balaban J connectivity index is 2.33. The Labute approximate surface area is 60.8 Å². The van der Waals surface area contributed by atoms with Crippen molar-refractivity contribution in [1.29, 1.82) is 0 Å². The Bertz CT molecular complexity index is 176. The van der Waals surface area contributed by atoms with Gasteiger partial charge in [0.05, 0.1) is 6.04 Å².